The van der Waals surface area contributed by atoms with Crippen LogP contribution in [0.2, 0.25) is 0 Å². The molecular formula is C46H40N4. The maximum Gasteiger partial charge on any atom is 0.138 e. The molecule has 0 aliphatic carbocycles. The second-order valence-corrected chi connectivity index (χ2v) is 15.7. The Morgan fingerprint density at radius 3 is 1.86 bits per heavy atom. The lowest BCUT2D eigenvalue weighted by Crippen LogP contribution is -2.13. The summed E-state index contributed by atoms with van der Waals surface area (Å²) in [5.41, 5.74) is 12.9. The number of fused-ring (bicyclic) bond motifs is 11. The van der Waals surface area contributed by atoms with Crippen molar-refractivity contribution in [1.29, 1.82) is 0 Å². The number of anilines is 3. The van der Waals surface area contributed by atoms with Crippen LogP contribution < -0.4 is 4.90 Å². The molecular weight excluding hydrogens is 609 g/mol. The van der Waals surface area contributed by atoms with Gasteiger partial charge in [-0.3, -0.25) is 4.90 Å². The SMILES string of the molecule is CC(C)(C)c1cc2c3[nH]c4c(cc(C(C)(C)C)cc4c3c1)-c1cccc(n1)-c1cccc(n1)N(c1cccc3ccccc13)c1cccc-2c1. The molecule has 0 spiro atoms. The molecule has 1 aliphatic rings. The Bertz CT molecular complexity index is 2620. The van der Waals surface area contributed by atoms with Crippen LogP contribution in [0.3, 0.4) is 0 Å². The number of aromatic amines is 1. The minimum atomic E-state index is -0.0509. The van der Waals surface area contributed by atoms with Crippen LogP contribution in [0.25, 0.3) is 66.4 Å². The van der Waals surface area contributed by atoms with Crippen LogP contribution in [0.5, 0.6) is 0 Å². The number of aromatic nitrogens is 3. The van der Waals surface area contributed by atoms with Crippen molar-refractivity contribution in [3.8, 4) is 33.8 Å². The largest absolute Gasteiger partial charge is 0.353 e. The van der Waals surface area contributed by atoms with Crippen LogP contribution in [0, 0.1) is 0 Å². The summed E-state index contributed by atoms with van der Waals surface area (Å²) in [6.45, 7) is 13.8. The van der Waals surface area contributed by atoms with Crippen molar-refractivity contribution in [3.63, 3.8) is 0 Å². The molecule has 8 bridgehead atoms. The van der Waals surface area contributed by atoms with Crippen molar-refractivity contribution in [2.24, 2.45) is 0 Å². The van der Waals surface area contributed by atoms with Crippen LogP contribution in [-0.2, 0) is 10.8 Å². The average molecular weight is 649 g/mol. The second kappa shape index (κ2) is 10.9. The fraction of sp³-hybridized carbons (Fsp3) is 0.174. The molecule has 4 nitrogen and oxygen atoms in total. The Hall–Kier alpha value is -5.74. The molecule has 1 N–H and O–H groups in total. The average Bonchev–Trinajstić information content (AvgIpc) is 3.49. The first kappa shape index (κ1) is 30.3. The normalized spacial score (nSPS) is 13.0. The third-order valence-corrected chi connectivity index (χ3v) is 10.2. The lowest BCUT2D eigenvalue weighted by Gasteiger charge is -2.27. The van der Waals surface area contributed by atoms with E-state index < -0.39 is 0 Å². The summed E-state index contributed by atoms with van der Waals surface area (Å²) in [5, 5.41) is 4.81. The number of nitrogens with zero attached hydrogens (tertiary/aromatic N) is 3. The first-order valence-corrected chi connectivity index (χ1v) is 17.5. The fourth-order valence-electron chi connectivity index (χ4n) is 7.43. The van der Waals surface area contributed by atoms with Gasteiger partial charge in [0.1, 0.15) is 5.82 Å². The van der Waals surface area contributed by atoms with Crippen LogP contribution in [-0.4, -0.2) is 15.0 Å². The lowest BCUT2D eigenvalue weighted by atomic mass is 9.82. The van der Waals surface area contributed by atoms with E-state index in [2.05, 4.69) is 179 Å². The summed E-state index contributed by atoms with van der Waals surface area (Å²) < 4.78 is 0. The quantitative estimate of drug-likeness (QED) is 0.193. The van der Waals surface area contributed by atoms with E-state index >= 15 is 0 Å². The van der Waals surface area contributed by atoms with E-state index in [1.807, 2.05) is 0 Å². The molecule has 0 saturated carbocycles. The van der Waals surface area contributed by atoms with E-state index in [0.29, 0.717) is 0 Å². The number of pyridine rings is 2. The Balaban J connectivity index is 1.45. The molecule has 0 amide bonds. The highest BCUT2D eigenvalue weighted by Gasteiger charge is 2.25. The van der Waals surface area contributed by atoms with Gasteiger partial charge in [-0.1, -0.05) is 102 Å². The molecule has 9 rings (SSSR count). The molecule has 4 heteroatoms. The number of H-pyrrole nitrogens is 1. The highest BCUT2D eigenvalue weighted by Crippen LogP contribution is 2.45. The molecule has 50 heavy (non-hydrogen) atoms. The van der Waals surface area contributed by atoms with Crippen molar-refractivity contribution >= 4 is 49.8 Å². The number of benzene rings is 5. The van der Waals surface area contributed by atoms with Gasteiger partial charge >= 0.3 is 0 Å². The maximum absolute atomic E-state index is 5.34. The Labute approximate surface area is 293 Å². The topological polar surface area (TPSA) is 44.8 Å². The van der Waals surface area contributed by atoms with Crippen LogP contribution in [0.4, 0.5) is 17.2 Å². The summed E-state index contributed by atoms with van der Waals surface area (Å²) in [6.07, 6.45) is 0. The van der Waals surface area contributed by atoms with Gasteiger partial charge in [-0.2, -0.15) is 0 Å². The Morgan fingerprint density at radius 2 is 1.10 bits per heavy atom. The van der Waals surface area contributed by atoms with Gasteiger partial charge < -0.3 is 4.98 Å². The van der Waals surface area contributed by atoms with Crippen LogP contribution in [0.1, 0.15) is 52.7 Å². The fourth-order valence-corrected chi connectivity index (χ4v) is 7.43. The van der Waals surface area contributed by atoms with E-state index in [4.69, 9.17) is 9.97 Å². The molecule has 0 fully saturated rings. The summed E-state index contributed by atoms with van der Waals surface area (Å²) in [6, 6.07) is 46.1. The van der Waals surface area contributed by atoms with E-state index in [-0.39, 0.29) is 10.8 Å². The predicted molar refractivity (Wildman–Crippen MR) is 211 cm³/mol. The molecule has 0 radical (unpaired) electrons. The van der Waals surface area contributed by atoms with Gasteiger partial charge in [0.05, 0.1) is 33.8 Å². The van der Waals surface area contributed by atoms with Gasteiger partial charge in [0.25, 0.3) is 0 Å². The second-order valence-electron chi connectivity index (χ2n) is 15.7. The summed E-state index contributed by atoms with van der Waals surface area (Å²) >= 11 is 0. The van der Waals surface area contributed by atoms with Crippen molar-refractivity contribution in [2.75, 3.05) is 4.90 Å². The molecule has 244 valence electrons. The molecule has 1 aliphatic heterocycles. The minimum absolute atomic E-state index is 0.0509. The van der Waals surface area contributed by atoms with Crippen LogP contribution >= 0.6 is 0 Å². The number of hydrogen-bond acceptors (Lipinski definition) is 3. The van der Waals surface area contributed by atoms with Gasteiger partial charge in [0.15, 0.2) is 0 Å². The zero-order valence-corrected chi connectivity index (χ0v) is 29.5. The van der Waals surface area contributed by atoms with Gasteiger partial charge in [-0.15, -0.1) is 0 Å². The van der Waals surface area contributed by atoms with Crippen molar-refractivity contribution in [2.45, 2.75) is 52.4 Å². The molecule has 0 atom stereocenters. The molecule has 3 aromatic heterocycles. The molecule has 8 aromatic rings. The molecule has 0 unspecified atom stereocenters. The summed E-state index contributed by atoms with van der Waals surface area (Å²) in [5.74, 6) is 0.838. The van der Waals surface area contributed by atoms with Crippen molar-refractivity contribution in [1.82, 2.24) is 15.0 Å². The first-order chi connectivity index (χ1) is 24.0. The van der Waals surface area contributed by atoms with E-state index in [9.17, 15) is 0 Å². The van der Waals surface area contributed by atoms with Gasteiger partial charge in [-0.25, -0.2) is 9.97 Å². The zero-order valence-electron chi connectivity index (χ0n) is 29.5. The van der Waals surface area contributed by atoms with E-state index in [1.165, 1.54) is 38.2 Å². The van der Waals surface area contributed by atoms with Gasteiger partial charge in [0, 0.05) is 33.0 Å². The standard InChI is InChI=1S/C46H40N4/c1-45(2,3)30-24-34-29-15-9-16-32(23-29)50(41-21-10-14-28-13-7-8-17-33(28)41)42-22-12-20-40(48-42)39-19-11-18-38(47-39)37-27-31(46(4,5)6)26-36-35(25-30)43(34)49-44(36)37/h7-27,49H,1-6H3. The highest BCUT2D eigenvalue weighted by molar-refractivity contribution is 6.16. The summed E-state index contributed by atoms with van der Waals surface area (Å²) in [7, 11) is 0. The Kier molecular flexibility index (Phi) is 6.60. The molecule has 0 saturated heterocycles. The monoisotopic (exact) mass is 648 g/mol. The van der Waals surface area contributed by atoms with Crippen LogP contribution in [0.15, 0.2) is 127 Å². The Morgan fingerprint density at radius 1 is 0.500 bits per heavy atom. The van der Waals surface area contributed by atoms with E-state index in [1.54, 1.807) is 0 Å². The number of nitrogens with one attached hydrogen (secondary N) is 1. The maximum atomic E-state index is 5.34. The third kappa shape index (κ3) is 4.89. The predicted octanol–water partition coefficient (Wildman–Crippen LogP) is 12.6. The smallest absolute Gasteiger partial charge is 0.138 e. The van der Waals surface area contributed by atoms with Crippen molar-refractivity contribution < 1.29 is 0 Å². The third-order valence-electron chi connectivity index (χ3n) is 10.2. The molecule has 5 aromatic carbocycles. The van der Waals surface area contributed by atoms with Crippen molar-refractivity contribution in [3.05, 3.63) is 139 Å². The zero-order chi connectivity index (χ0) is 34.4. The number of rotatable bonds is 1. The summed E-state index contributed by atoms with van der Waals surface area (Å²) in [4.78, 5) is 16.9. The first-order valence-electron chi connectivity index (χ1n) is 17.5. The number of hydrogen-bond donors (Lipinski definition) is 1. The lowest BCUT2D eigenvalue weighted by molar-refractivity contribution is 0.590. The van der Waals surface area contributed by atoms with Gasteiger partial charge in [0.2, 0.25) is 0 Å². The highest BCUT2D eigenvalue weighted by atomic mass is 15.2. The molecule has 4 heterocycles. The van der Waals surface area contributed by atoms with Gasteiger partial charge in [-0.05, 0) is 99.6 Å². The minimum Gasteiger partial charge on any atom is -0.353 e. The van der Waals surface area contributed by atoms with E-state index in [0.717, 1.165) is 56.4 Å².